The van der Waals surface area contributed by atoms with Crippen LogP contribution in [0.25, 0.3) is 16.9 Å². The average Bonchev–Trinajstić information content (AvgIpc) is 2.99. The smallest absolute Gasteiger partial charge is 0.381 e. The SMILES string of the molecule is CCOC(=O)C(=O)c1c(-c2ccc(OC)cc2)nc2ccc(C)cn12. The molecule has 0 aliphatic heterocycles. The molecule has 3 aromatic rings. The lowest BCUT2D eigenvalue weighted by Crippen LogP contribution is -2.20. The van der Waals surface area contributed by atoms with Crippen molar-refractivity contribution in [1.82, 2.24) is 9.38 Å². The second-order valence-electron chi connectivity index (χ2n) is 5.52. The molecule has 128 valence electrons. The highest BCUT2D eigenvalue weighted by Crippen LogP contribution is 2.27. The van der Waals surface area contributed by atoms with Crippen molar-refractivity contribution < 1.29 is 19.1 Å². The largest absolute Gasteiger partial charge is 0.497 e. The third-order valence-electron chi connectivity index (χ3n) is 3.81. The van der Waals surface area contributed by atoms with Gasteiger partial charge in [0.05, 0.1) is 13.7 Å². The van der Waals surface area contributed by atoms with Gasteiger partial charge in [0.1, 0.15) is 22.8 Å². The molecule has 3 rings (SSSR count). The minimum absolute atomic E-state index is 0.137. The Hall–Kier alpha value is -3.15. The first-order chi connectivity index (χ1) is 12.0. The molecule has 6 heteroatoms. The van der Waals surface area contributed by atoms with E-state index >= 15 is 0 Å². The van der Waals surface area contributed by atoms with Crippen LogP contribution in [0.3, 0.4) is 0 Å². The Morgan fingerprint density at radius 1 is 1.12 bits per heavy atom. The summed E-state index contributed by atoms with van der Waals surface area (Å²) in [4.78, 5) is 29.2. The summed E-state index contributed by atoms with van der Waals surface area (Å²) < 4.78 is 11.7. The van der Waals surface area contributed by atoms with Gasteiger partial charge in [-0.1, -0.05) is 6.07 Å². The van der Waals surface area contributed by atoms with Gasteiger partial charge in [-0.05, 0) is 49.7 Å². The molecule has 0 saturated carbocycles. The number of hydrogen-bond donors (Lipinski definition) is 0. The minimum Gasteiger partial charge on any atom is -0.497 e. The standard InChI is InChI=1S/C19H18N2O4/c1-4-25-19(23)18(22)17-16(13-6-8-14(24-3)9-7-13)20-15-10-5-12(2)11-21(15)17/h5-11H,4H2,1-3H3. The Kier molecular flexibility index (Phi) is 4.52. The minimum atomic E-state index is -0.888. The summed E-state index contributed by atoms with van der Waals surface area (Å²) in [7, 11) is 1.58. The fourth-order valence-corrected chi connectivity index (χ4v) is 2.61. The number of fused-ring (bicyclic) bond motifs is 1. The number of aryl methyl sites for hydroxylation is 1. The first-order valence-corrected chi connectivity index (χ1v) is 7.89. The van der Waals surface area contributed by atoms with Crippen molar-refractivity contribution in [3.8, 4) is 17.0 Å². The number of aromatic nitrogens is 2. The van der Waals surface area contributed by atoms with E-state index in [4.69, 9.17) is 9.47 Å². The summed E-state index contributed by atoms with van der Waals surface area (Å²) in [5.41, 5.74) is 2.89. The molecule has 25 heavy (non-hydrogen) atoms. The van der Waals surface area contributed by atoms with Crippen molar-refractivity contribution in [3.63, 3.8) is 0 Å². The van der Waals surface area contributed by atoms with Gasteiger partial charge in [-0.2, -0.15) is 0 Å². The van der Waals surface area contributed by atoms with Crippen molar-refractivity contribution in [3.05, 3.63) is 53.9 Å². The lowest BCUT2D eigenvalue weighted by molar-refractivity contribution is -0.137. The topological polar surface area (TPSA) is 69.9 Å². The number of imidazole rings is 1. The van der Waals surface area contributed by atoms with Gasteiger partial charge in [0.2, 0.25) is 0 Å². The van der Waals surface area contributed by atoms with Crippen LogP contribution in [0.5, 0.6) is 5.75 Å². The van der Waals surface area contributed by atoms with E-state index in [0.717, 1.165) is 11.1 Å². The molecule has 0 amide bonds. The second kappa shape index (κ2) is 6.76. The van der Waals surface area contributed by atoms with Gasteiger partial charge in [-0.25, -0.2) is 9.78 Å². The molecule has 6 nitrogen and oxygen atoms in total. The Bertz CT molecular complexity index is 942. The highest BCUT2D eigenvalue weighted by atomic mass is 16.5. The molecular weight excluding hydrogens is 320 g/mol. The molecule has 0 saturated heterocycles. The average molecular weight is 338 g/mol. The highest BCUT2D eigenvalue weighted by Gasteiger charge is 2.27. The number of methoxy groups -OCH3 is 1. The van der Waals surface area contributed by atoms with Gasteiger partial charge in [0.25, 0.3) is 5.78 Å². The predicted octanol–water partition coefficient (Wildman–Crippen LogP) is 3.06. The number of benzene rings is 1. The number of nitrogens with zero attached hydrogens (tertiary/aromatic N) is 2. The zero-order valence-corrected chi connectivity index (χ0v) is 14.3. The maximum Gasteiger partial charge on any atom is 0.381 e. The lowest BCUT2D eigenvalue weighted by Gasteiger charge is -2.06. The summed E-state index contributed by atoms with van der Waals surface area (Å²) in [6, 6.07) is 10.9. The third kappa shape index (κ3) is 3.10. The Balaban J connectivity index is 2.21. The maximum absolute atomic E-state index is 12.7. The number of rotatable bonds is 5. The van der Waals surface area contributed by atoms with Crippen molar-refractivity contribution in [2.45, 2.75) is 13.8 Å². The number of esters is 1. The van der Waals surface area contributed by atoms with E-state index in [1.807, 2.05) is 19.1 Å². The molecule has 0 N–H and O–H groups in total. The van der Waals surface area contributed by atoms with E-state index in [2.05, 4.69) is 4.98 Å². The molecule has 0 fully saturated rings. The Labute approximate surface area is 145 Å². The summed E-state index contributed by atoms with van der Waals surface area (Å²) in [5.74, 6) is -0.909. The predicted molar refractivity (Wildman–Crippen MR) is 92.9 cm³/mol. The van der Waals surface area contributed by atoms with Crippen molar-refractivity contribution >= 4 is 17.4 Å². The van der Waals surface area contributed by atoms with Crippen LogP contribution < -0.4 is 4.74 Å². The quantitative estimate of drug-likeness (QED) is 0.406. The Morgan fingerprint density at radius 3 is 2.48 bits per heavy atom. The number of pyridine rings is 1. The Morgan fingerprint density at radius 2 is 1.84 bits per heavy atom. The molecule has 0 unspecified atom stereocenters. The van der Waals surface area contributed by atoms with Crippen LogP contribution in [0.1, 0.15) is 23.0 Å². The normalized spacial score (nSPS) is 10.7. The first kappa shape index (κ1) is 16.7. The highest BCUT2D eigenvalue weighted by molar-refractivity contribution is 6.41. The van der Waals surface area contributed by atoms with Crippen LogP contribution in [-0.2, 0) is 9.53 Å². The van der Waals surface area contributed by atoms with Gasteiger partial charge < -0.3 is 9.47 Å². The van der Waals surface area contributed by atoms with Crippen LogP contribution in [-0.4, -0.2) is 34.9 Å². The molecule has 0 radical (unpaired) electrons. The van der Waals surface area contributed by atoms with Crippen molar-refractivity contribution in [2.24, 2.45) is 0 Å². The van der Waals surface area contributed by atoms with E-state index in [1.165, 1.54) is 0 Å². The van der Waals surface area contributed by atoms with E-state index < -0.39 is 11.8 Å². The van der Waals surface area contributed by atoms with Crippen LogP contribution in [0.2, 0.25) is 0 Å². The van der Waals surface area contributed by atoms with E-state index in [9.17, 15) is 9.59 Å². The fourth-order valence-electron chi connectivity index (χ4n) is 2.61. The zero-order valence-electron chi connectivity index (χ0n) is 14.3. The molecule has 0 atom stereocenters. The number of carbonyl (C=O) groups is 2. The van der Waals surface area contributed by atoms with E-state index in [1.54, 1.807) is 48.9 Å². The first-order valence-electron chi connectivity index (χ1n) is 7.89. The lowest BCUT2D eigenvalue weighted by atomic mass is 10.1. The van der Waals surface area contributed by atoms with E-state index in [0.29, 0.717) is 17.1 Å². The monoisotopic (exact) mass is 338 g/mol. The molecule has 2 aromatic heterocycles. The van der Waals surface area contributed by atoms with Crippen LogP contribution in [0.15, 0.2) is 42.6 Å². The van der Waals surface area contributed by atoms with Crippen molar-refractivity contribution in [1.29, 1.82) is 0 Å². The second-order valence-corrected chi connectivity index (χ2v) is 5.52. The summed E-state index contributed by atoms with van der Waals surface area (Å²) in [5, 5.41) is 0. The van der Waals surface area contributed by atoms with Gasteiger partial charge in [0.15, 0.2) is 0 Å². The van der Waals surface area contributed by atoms with Gasteiger partial charge in [0, 0.05) is 11.8 Å². The maximum atomic E-state index is 12.7. The summed E-state index contributed by atoms with van der Waals surface area (Å²) in [6.07, 6.45) is 1.78. The van der Waals surface area contributed by atoms with Crippen LogP contribution >= 0.6 is 0 Å². The van der Waals surface area contributed by atoms with Crippen LogP contribution in [0, 0.1) is 6.92 Å². The summed E-state index contributed by atoms with van der Waals surface area (Å²) in [6.45, 7) is 3.71. The number of carbonyl (C=O) groups excluding carboxylic acids is 2. The number of ether oxygens (including phenoxy) is 2. The van der Waals surface area contributed by atoms with E-state index in [-0.39, 0.29) is 12.3 Å². The molecule has 0 spiro atoms. The number of hydrogen-bond acceptors (Lipinski definition) is 5. The molecule has 1 aromatic carbocycles. The molecule has 0 aliphatic carbocycles. The number of ketones is 1. The molecule has 0 aliphatic rings. The molecular formula is C19H18N2O4. The zero-order chi connectivity index (χ0) is 18.0. The molecule has 2 heterocycles. The van der Waals surface area contributed by atoms with Gasteiger partial charge in [-0.3, -0.25) is 9.20 Å². The summed E-state index contributed by atoms with van der Waals surface area (Å²) >= 11 is 0. The van der Waals surface area contributed by atoms with Crippen LogP contribution in [0.4, 0.5) is 0 Å². The fraction of sp³-hybridized carbons (Fsp3) is 0.211. The third-order valence-corrected chi connectivity index (χ3v) is 3.81. The van der Waals surface area contributed by atoms with Crippen molar-refractivity contribution in [2.75, 3.05) is 13.7 Å². The van der Waals surface area contributed by atoms with Gasteiger partial charge >= 0.3 is 5.97 Å². The molecule has 0 bridgehead atoms. The number of Topliss-reactive ketones (excluding diaryl/α,β-unsaturated/α-hetero) is 1. The van der Waals surface area contributed by atoms with Gasteiger partial charge in [-0.15, -0.1) is 0 Å².